The van der Waals surface area contributed by atoms with Crippen molar-refractivity contribution in [2.24, 2.45) is 0 Å². The Bertz CT molecular complexity index is 713. The van der Waals surface area contributed by atoms with Crippen molar-refractivity contribution in [1.29, 1.82) is 0 Å². The van der Waals surface area contributed by atoms with Crippen LogP contribution < -0.4 is 0 Å². The lowest BCUT2D eigenvalue weighted by atomic mass is 10.0. The average Bonchev–Trinajstić information content (AvgIpc) is 3.07. The summed E-state index contributed by atoms with van der Waals surface area (Å²) in [6, 6.07) is 5.56. The van der Waals surface area contributed by atoms with Crippen LogP contribution in [0.3, 0.4) is 0 Å². The van der Waals surface area contributed by atoms with E-state index in [1.807, 2.05) is 0 Å². The van der Waals surface area contributed by atoms with Gasteiger partial charge in [-0.25, -0.2) is 8.78 Å². The molecule has 1 aromatic carbocycles. The Morgan fingerprint density at radius 2 is 2.09 bits per heavy atom. The van der Waals surface area contributed by atoms with Gasteiger partial charge in [-0.2, -0.15) is 0 Å². The van der Waals surface area contributed by atoms with Crippen molar-refractivity contribution in [2.75, 3.05) is 6.54 Å². The molecule has 22 heavy (non-hydrogen) atoms. The van der Waals surface area contributed by atoms with Gasteiger partial charge in [-0.3, -0.25) is 4.79 Å². The molecule has 1 aliphatic rings. The third-order valence-corrected chi connectivity index (χ3v) is 3.81. The van der Waals surface area contributed by atoms with E-state index in [1.54, 1.807) is 13.0 Å². The summed E-state index contributed by atoms with van der Waals surface area (Å²) in [5, 5.41) is 9.85. The Kier molecular flexibility index (Phi) is 3.70. The predicted octanol–water partition coefficient (Wildman–Crippen LogP) is 2.81. The molecule has 6 heteroatoms. The first-order chi connectivity index (χ1) is 10.5. The SMILES string of the molecule is Cc1ccc(C(=O)N2C[C@@H](O)C[C@H]2c2cc(F)ccc2F)o1. The quantitative estimate of drug-likeness (QED) is 0.928. The number of hydrogen-bond acceptors (Lipinski definition) is 3. The van der Waals surface area contributed by atoms with E-state index in [4.69, 9.17) is 4.42 Å². The number of amides is 1. The minimum atomic E-state index is -0.785. The highest BCUT2D eigenvalue weighted by Gasteiger charge is 2.38. The second-order valence-corrected chi connectivity index (χ2v) is 5.44. The van der Waals surface area contributed by atoms with Gasteiger partial charge in [0, 0.05) is 12.1 Å². The van der Waals surface area contributed by atoms with Gasteiger partial charge in [0.25, 0.3) is 5.91 Å². The molecule has 0 radical (unpaired) electrons. The number of carbonyl (C=O) groups excluding carboxylic acids is 1. The first kappa shape index (κ1) is 14.7. The molecule has 1 fully saturated rings. The van der Waals surface area contributed by atoms with E-state index in [0.717, 1.165) is 18.2 Å². The van der Waals surface area contributed by atoms with Crippen LogP contribution in [0.1, 0.15) is 34.3 Å². The number of benzene rings is 1. The fourth-order valence-electron chi connectivity index (χ4n) is 2.79. The van der Waals surface area contributed by atoms with Gasteiger partial charge < -0.3 is 14.4 Å². The summed E-state index contributed by atoms with van der Waals surface area (Å²) in [7, 11) is 0. The summed E-state index contributed by atoms with van der Waals surface area (Å²) in [6.07, 6.45) is -0.626. The van der Waals surface area contributed by atoms with Gasteiger partial charge in [-0.05, 0) is 43.7 Å². The lowest BCUT2D eigenvalue weighted by Gasteiger charge is -2.24. The monoisotopic (exact) mass is 307 g/mol. The fraction of sp³-hybridized carbons (Fsp3) is 0.312. The first-order valence-electron chi connectivity index (χ1n) is 6.96. The van der Waals surface area contributed by atoms with E-state index in [9.17, 15) is 18.7 Å². The first-order valence-corrected chi connectivity index (χ1v) is 6.96. The molecule has 0 unspecified atom stereocenters. The van der Waals surface area contributed by atoms with Crippen molar-refractivity contribution in [2.45, 2.75) is 25.5 Å². The second-order valence-electron chi connectivity index (χ2n) is 5.44. The highest BCUT2D eigenvalue weighted by atomic mass is 19.1. The number of aryl methyl sites for hydroxylation is 1. The van der Waals surface area contributed by atoms with E-state index < -0.39 is 29.7 Å². The molecule has 1 saturated heterocycles. The van der Waals surface area contributed by atoms with Gasteiger partial charge >= 0.3 is 0 Å². The Labute approximate surface area is 126 Å². The largest absolute Gasteiger partial charge is 0.456 e. The highest BCUT2D eigenvalue weighted by Crippen LogP contribution is 2.35. The number of furan rings is 1. The number of β-amino-alcohol motifs (C(OH)–C–C–N with tert-alkyl or cyclic N) is 1. The number of nitrogens with zero attached hydrogens (tertiary/aromatic N) is 1. The Balaban J connectivity index is 1.95. The molecule has 4 nitrogen and oxygen atoms in total. The van der Waals surface area contributed by atoms with Crippen LogP contribution in [0.15, 0.2) is 34.7 Å². The van der Waals surface area contributed by atoms with Gasteiger partial charge in [0.05, 0.1) is 12.1 Å². The van der Waals surface area contributed by atoms with Crippen molar-refractivity contribution < 1.29 is 23.1 Å². The standard InChI is InChI=1S/C16H15F2NO3/c1-9-2-5-15(22-9)16(21)19-8-11(20)7-14(19)12-6-10(17)3-4-13(12)18/h2-6,11,14,20H,7-8H2,1H3/t11-,14-/m0/s1. The van der Waals surface area contributed by atoms with Crippen LogP contribution in [0.25, 0.3) is 0 Å². The number of rotatable bonds is 2. The van der Waals surface area contributed by atoms with E-state index in [1.165, 1.54) is 11.0 Å². The van der Waals surface area contributed by atoms with Crippen molar-refractivity contribution in [3.05, 3.63) is 59.1 Å². The molecule has 0 aliphatic carbocycles. The van der Waals surface area contributed by atoms with E-state index in [0.29, 0.717) is 5.76 Å². The number of carbonyl (C=O) groups is 1. The zero-order valence-corrected chi connectivity index (χ0v) is 11.9. The summed E-state index contributed by atoms with van der Waals surface area (Å²) < 4.78 is 32.7. The molecule has 3 rings (SSSR count). The number of aliphatic hydroxyl groups excluding tert-OH is 1. The maximum atomic E-state index is 14.0. The molecule has 0 spiro atoms. The maximum absolute atomic E-state index is 14.0. The molecule has 2 atom stereocenters. The lowest BCUT2D eigenvalue weighted by Crippen LogP contribution is -2.32. The molecule has 0 bridgehead atoms. The van der Waals surface area contributed by atoms with Gasteiger partial charge in [-0.1, -0.05) is 0 Å². The molecule has 2 aromatic rings. The number of halogens is 2. The third-order valence-electron chi connectivity index (χ3n) is 3.81. The summed E-state index contributed by atoms with van der Waals surface area (Å²) >= 11 is 0. The third kappa shape index (κ3) is 2.62. The van der Waals surface area contributed by atoms with Crippen molar-refractivity contribution in [1.82, 2.24) is 4.90 Å². The maximum Gasteiger partial charge on any atom is 0.290 e. The van der Waals surface area contributed by atoms with Crippen LogP contribution in [0.5, 0.6) is 0 Å². The van der Waals surface area contributed by atoms with Gasteiger partial charge in [0.15, 0.2) is 5.76 Å². The molecule has 2 heterocycles. The molecule has 1 aromatic heterocycles. The Hall–Kier alpha value is -2.21. The minimum absolute atomic E-state index is 0.0548. The number of hydrogen-bond donors (Lipinski definition) is 1. The van der Waals surface area contributed by atoms with E-state index in [-0.39, 0.29) is 24.3 Å². The van der Waals surface area contributed by atoms with Gasteiger partial charge in [-0.15, -0.1) is 0 Å². The molecule has 116 valence electrons. The zero-order chi connectivity index (χ0) is 15.9. The van der Waals surface area contributed by atoms with Gasteiger partial charge in [0.2, 0.25) is 0 Å². The number of aliphatic hydroxyl groups is 1. The molecule has 1 N–H and O–H groups in total. The van der Waals surface area contributed by atoms with Gasteiger partial charge in [0.1, 0.15) is 17.4 Å². The molecule has 0 saturated carbocycles. The summed E-state index contributed by atoms with van der Waals surface area (Å²) in [5.41, 5.74) is 0.0631. The van der Waals surface area contributed by atoms with Crippen molar-refractivity contribution in [3.63, 3.8) is 0 Å². The molecular formula is C16H15F2NO3. The average molecular weight is 307 g/mol. The minimum Gasteiger partial charge on any atom is -0.456 e. The highest BCUT2D eigenvalue weighted by molar-refractivity contribution is 5.92. The Morgan fingerprint density at radius 3 is 2.77 bits per heavy atom. The zero-order valence-electron chi connectivity index (χ0n) is 11.9. The van der Waals surface area contributed by atoms with Crippen LogP contribution in [-0.2, 0) is 0 Å². The van der Waals surface area contributed by atoms with Crippen LogP contribution in [0.2, 0.25) is 0 Å². The Morgan fingerprint density at radius 1 is 1.32 bits per heavy atom. The smallest absolute Gasteiger partial charge is 0.290 e. The molecular weight excluding hydrogens is 292 g/mol. The van der Waals surface area contributed by atoms with E-state index >= 15 is 0 Å². The second kappa shape index (κ2) is 5.53. The lowest BCUT2D eigenvalue weighted by molar-refractivity contribution is 0.0680. The topological polar surface area (TPSA) is 53.7 Å². The van der Waals surface area contributed by atoms with E-state index in [2.05, 4.69) is 0 Å². The normalized spacial score (nSPS) is 21.4. The predicted molar refractivity (Wildman–Crippen MR) is 74.2 cm³/mol. The fourth-order valence-corrected chi connectivity index (χ4v) is 2.79. The number of likely N-dealkylation sites (tertiary alicyclic amines) is 1. The molecule has 1 aliphatic heterocycles. The summed E-state index contributed by atoms with van der Waals surface area (Å²) in [6.45, 7) is 1.76. The van der Waals surface area contributed by atoms with Crippen LogP contribution in [-0.4, -0.2) is 28.6 Å². The van der Waals surface area contributed by atoms with Crippen LogP contribution in [0.4, 0.5) is 8.78 Å². The van der Waals surface area contributed by atoms with Crippen LogP contribution in [0, 0.1) is 18.6 Å². The summed E-state index contributed by atoms with van der Waals surface area (Å²) in [4.78, 5) is 13.8. The molecule has 1 amide bonds. The summed E-state index contributed by atoms with van der Waals surface area (Å²) in [5.74, 6) is -0.934. The van der Waals surface area contributed by atoms with Crippen molar-refractivity contribution in [3.8, 4) is 0 Å². The van der Waals surface area contributed by atoms with Crippen LogP contribution >= 0.6 is 0 Å². The van der Waals surface area contributed by atoms with Crippen molar-refractivity contribution >= 4 is 5.91 Å².